The minimum atomic E-state index is 0.192. The molecule has 6 heteroatoms. The van der Waals surface area contributed by atoms with Gasteiger partial charge in [0.15, 0.2) is 0 Å². The number of thiazole rings is 1. The summed E-state index contributed by atoms with van der Waals surface area (Å²) in [6.45, 7) is 5.33. The monoisotopic (exact) mass is 390 g/mol. The van der Waals surface area contributed by atoms with E-state index in [0.29, 0.717) is 12.6 Å². The molecule has 0 N–H and O–H groups in total. The third-order valence-electron chi connectivity index (χ3n) is 5.86. The third kappa shape index (κ3) is 3.12. The van der Waals surface area contributed by atoms with E-state index in [0.717, 1.165) is 42.8 Å². The van der Waals surface area contributed by atoms with E-state index in [-0.39, 0.29) is 5.91 Å². The highest BCUT2D eigenvalue weighted by Crippen LogP contribution is 2.33. The van der Waals surface area contributed by atoms with Gasteiger partial charge in [0.05, 0.1) is 28.0 Å². The van der Waals surface area contributed by atoms with E-state index in [1.54, 1.807) is 17.5 Å². The Labute approximate surface area is 168 Å². The molecule has 5 nitrogen and oxygen atoms in total. The van der Waals surface area contributed by atoms with Gasteiger partial charge in [-0.1, -0.05) is 12.1 Å². The van der Waals surface area contributed by atoms with E-state index >= 15 is 0 Å². The maximum Gasteiger partial charge on any atom is 0.250 e. The van der Waals surface area contributed by atoms with Crippen LogP contribution in [0.25, 0.3) is 10.2 Å². The van der Waals surface area contributed by atoms with Gasteiger partial charge in [0.2, 0.25) is 0 Å². The maximum atomic E-state index is 12.8. The summed E-state index contributed by atoms with van der Waals surface area (Å²) in [5.41, 5.74) is 7.50. The van der Waals surface area contributed by atoms with Crippen LogP contribution in [0.15, 0.2) is 59.3 Å². The molecule has 2 aliphatic rings. The number of aromatic nitrogens is 2. The van der Waals surface area contributed by atoms with Crippen LogP contribution < -0.4 is 0 Å². The third-order valence-corrected chi connectivity index (χ3v) is 6.67. The van der Waals surface area contributed by atoms with Crippen molar-refractivity contribution in [2.45, 2.75) is 25.9 Å². The topological polar surface area (TPSA) is 49.3 Å². The molecule has 4 heterocycles. The van der Waals surface area contributed by atoms with Gasteiger partial charge in [0, 0.05) is 37.4 Å². The van der Waals surface area contributed by atoms with E-state index in [1.807, 2.05) is 28.6 Å². The summed E-state index contributed by atoms with van der Waals surface area (Å²) >= 11 is 1.68. The highest BCUT2D eigenvalue weighted by atomic mass is 32.1. The molecule has 1 atom stereocenters. The maximum absolute atomic E-state index is 12.8. The zero-order valence-electron chi connectivity index (χ0n) is 15.8. The average molecular weight is 391 g/mol. The van der Waals surface area contributed by atoms with Crippen molar-refractivity contribution in [3.8, 4) is 0 Å². The van der Waals surface area contributed by atoms with E-state index in [4.69, 9.17) is 0 Å². The number of hydrogen-bond acceptors (Lipinski definition) is 5. The minimum absolute atomic E-state index is 0.192. The highest BCUT2D eigenvalue weighted by molar-refractivity contribution is 7.16. The Balaban J connectivity index is 1.30. The number of pyridine rings is 1. The van der Waals surface area contributed by atoms with Crippen LogP contribution in [0.5, 0.6) is 0 Å². The number of fused-ring (bicyclic) bond motifs is 1. The van der Waals surface area contributed by atoms with Gasteiger partial charge in [0.25, 0.3) is 5.91 Å². The Kier molecular flexibility index (Phi) is 4.45. The number of rotatable bonds is 4. The van der Waals surface area contributed by atoms with E-state index in [1.165, 1.54) is 15.8 Å². The zero-order chi connectivity index (χ0) is 19.1. The van der Waals surface area contributed by atoms with Crippen LogP contribution in [0.1, 0.15) is 30.6 Å². The first-order chi connectivity index (χ1) is 13.7. The molecule has 0 saturated carbocycles. The lowest BCUT2D eigenvalue weighted by molar-refractivity contribution is -0.126. The Morgan fingerprint density at radius 3 is 2.96 bits per heavy atom. The molecule has 1 amide bonds. The summed E-state index contributed by atoms with van der Waals surface area (Å²) in [5.74, 6) is 0.192. The van der Waals surface area contributed by atoms with Gasteiger partial charge in [0.1, 0.15) is 0 Å². The molecule has 0 fully saturated rings. The molecule has 5 rings (SSSR count). The quantitative estimate of drug-likeness (QED) is 0.680. The van der Waals surface area contributed by atoms with Gasteiger partial charge in [-0.15, -0.1) is 11.3 Å². The van der Waals surface area contributed by atoms with Crippen molar-refractivity contribution in [1.82, 2.24) is 19.8 Å². The van der Waals surface area contributed by atoms with E-state index in [2.05, 4.69) is 40.0 Å². The van der Waals surface area contributed by atoms with Crippen molar-refractivity contribution in [3.63, 3.8) is 0 Å². The largest absolute Gasteiger partial charge is 0.329 e. The first-order valence-electron chi connectivity index (χ1n) is 9.66. The summed E-state index contributed by atoms with van der Waals surface area (Å²) in [7, 11) is 0. The van der Waals surface area contributed by atoms with Gasteiger partial charge < -0.3 is 4.90 Å². The molecule has 142 valence electrons. The van der Waals surface area contributed by atoms with Crippen molar-refractivity contribution < 1.29 is 4.79 Å². The fourth-order valence-corrected chi connectivity index (χ4v) is 4.90. The van der Waals surface area contributed by atoms with Gasteiger partial charge in [-0.3, -0.25) is 14.7 Å². The fourth-order valence-electron chi connectivity index (χ4n) is 4.24. The van der Waals surface area contributed by atoms with Crippen molar-refractivity contribution >= 4 is 27.5 Å². The molecular formula is C22H22N4OS. The Hall–Kier alpha value is -2.57. The summed E-state index contributed by atoms with van der Waals surface area (Å²) in [4.78, 5) is 26.1. The predicted octanol–water partition coefficient (Wildman–Crippen LogP) is 3.80. The molecule has 1 aromatic carbocycles. The van der Waals surface area contributed by atoms with Crippen LogP contribution >= 0.6 is 11.3 Å². The molecule has 0 saturated heterocycles. The van der Waals surface area contributed by atoms with Gasteiger partial charge >= 0.3 is 0 Å². The normalized spacial score (nSPS) is 18.8. The lowest BCUT2D eigenvalue weighted by atomic mass is 9.98. The summed E-state index contributed by atoms with van der Waals surface area (Å²) in [6, 6.07) is 12.7. The number of amides is 1. The van der Waals surface area contributed by atoms with Crippen LogP contribution in [0.4, 0.5) is 0 Å². The van der Waals surface area contributed by atoms with Crippen molar-refractivity contribution in [2.75, 3.05) is 19.6 Å². The molecular weight excluding hydrogens is 368 g/mol. The first-order valence-corrected chi connectivity index (χ1v) is 10.5. The molecule has 0 bridgehead atoms. The second-order valence-electron chi connectivity index (χ2n) is 7.54. The number of benzene rings is 1. The van der Waals surface area contributed by atoms with Crippen LogP contribution in [0, 0.1) is 0 Å². The average Bonchev–Trinajstić information content (AvgIpc) is 3.32. The van der Waals surface area contributed by atoms with Gasteiger partial charge in [-0.25, -0.2) is 4.98 Å². The molecule has 0 spiro atoms. The van der Waals surface area contributed by atoms with Crippen LogP contribution in [0.3, 0.4) is 0 Å². The molecule has 0 aliphatic carbocycles. The van der Waals surface area contributed by atoms with Crippen LogP contribution in [0.2, 0.25) is 0 Å². The van der Waals surface area contributed by atoms with Crippen molar-refractivity contribution in [1.29, 1.82) is 0 Å². The number of carbonyl (C=O) groups is 1. The van der Waals surface area contributed by atoms with Crippen LogP contribution in [-0.2, 0) is 11.3 Å². The second-order valence-corrected chi connectivity index (χ2v) is 8.43. The molecule has 2 aromatic heterocycles. The standard InChI is InChI=1S/C22H22N4OS/c1-15(16-5-6-21-20(10-16)24-14-28-21)25-9-7-19-17(11-25)12-26(22(19)27)13-18-4-2-3-8-23-18/h2-6,8,10,14-15H,7,9,11-13H2,1H3. The molecule has 1 unspecified atom stereocenters. The summed E-state index contributed by atoms with van der Waals surface area (Å²) < 4.78 is 1.23. The Bertz CT molecular complexity index is 1060. The Morgan fingerprint density at radius 2 is 2.11 bits per heavy atom. The molecule has 2 aliphatic heterocycles. The fraction of sp³-hybridized carbons (Fsp3) is 0.318. The van der Waals surface area contributed by atoms with Gasteiger partial charge in [-0.05, 0) is 48.7 Å². The van der Waals surface area contributed by atoms with E-state index < -0.39 is 0 Å². The number of carbonyl (C=O) groups excluding carboxylic acids is 1. The number of nitrogens with zero attached hydrogens (tertiary/aromatic N) is 4. The smallest absolute Gasteiger partial charge is 0.250 e. The molecule has 3 aromatic rings. The molecule has 0 radical (unpaired) electrons. The SMILES string of the molecule is CC(c1ccc2scnc2c1)N1CCC2=C(CN(Cc3ccccn3)C2=O)C1. The first kappa shape index (κ1) is 17.5. The summed E-state index contributed by atoms with van der Waals surface area (Å²) in [5, 5.41) is 0. The lowest BCUT2D eigenvalue weighted by Gasteiger charge is -2.33. The highest BCUT2D eigenvalue weighted by Gasteiger charge is 2.35. The zero-order valence-corrected chi connectivity index (χ0v) is 16.7. The lowest BCUT2D eigenvalue weighted by Crippen LogP contribution is -2.34. The van der Waals surface area contributed by atoms with E-state index in [9.17, 15) is 4.79 Å². The minimum Gasteiger partial charge on any atom is -0.329 e. The predicted molar refractivity (Wildman–Crippen MR) is 111 cm³/mol. The van der Waals surface area contributed by atoms with Crippen LogP contribution in [-0.4, -0.2) is 45.3 Å². The number of hydrogen-bond donors (Lipinski definition) is 0. The van der Waals surface area contributed by atoms with Crippen molar-refractivity contribution in [3.05, 3.63) is 70.5 Å². The van der Waals surface area contributed by atoms with Gasteiger partial charge in [-0.2, -0.15) is 0 Å². The Morgan fingerprint density at radius 1 is 1.18 bits per heavy atom. The second kappa shape index (κ2) is 7.11. The summed E-state index contributed by atoms with van der Waals surface area (Å²) in [6.07, 6.45) is 2.61. The van der Waals surface area contributed by atoms with Crippen molar-refractivity contribution in [2.24, 2.45) is 0 Å². The molecule has 28 heavy (non-hydrogen) atoms.